The number of fused-ring (bicyclic) bond motifs is 1. The quantitative estimate of drug-likeness (QED) is 0.677. The van der Waals surface area contributed by atoms with E-state index in [4.69, 9.17) is 5.41 Å². The van der Waals surface area contributed by atoms with Gasteiger partial charge in [0, 0.05) is 18.2 Å². The van der Waals surface area contributed by atoms with Crippen LogP contribution in [0.4, 0.5) is 0 Å². The number of rotatable bonds is 6. The van der Waals surface area contributed by atoms with E-state index in [1.807, 2.05) is 54.1 Å². The van der Waals surface area contributed by atoms with Crippen LogP contribution in [0.2, 0.25) is 0 Å². The third kappa shape index (κ3) is 3.33. The summed E-state index contributed by atoms with van der Waals surface area (Å²) in [6, 6.07) is 15.3. The summed E-state index contributed by atoms with van der Waals surface area (Å²) >= 11 is 0. The Bertz CT molecular complexity index is 978. The van der Waals surface area contributed by atoms with Crippen LogP contribution in [0, 0.1) is 5.41 Å². The Balaban J connectivity index is 2.05. The van der Waals surface area contributed by atoms with Crippen LogP contribution in [0.25, 0.3) is 17.1 Å². The normalized spacial score (nSPS) is 11.4. The summed E-state index contributed by atoms with van der Waals surface area (Å²) in [5.41, 5.74) is 3.98. The maximum Gasteiger partial charge on any atom is 0.203 e. The van der Waals surface area contributed by atoms with E-state index in [2.05, 4.69) is 25.1 Å². The van der Waals surface area contributed by atoms with Crippen LogP contribution >= 0.6 is 0 Å². The minimum Gasteiger partial charge on any atom is -0.313 e. The number of ketones is 1. The molecule has 1 aromatic heterocycles. The molecule has 0 fully saturated rings. The first-order valence-electron chi connectivity index (χ1n) is 8.61. The lowest BCUT2D eigenvalue weighted by Gasteiger charge is -2.04. The third-order valence-corrected chi connectivity index (χ3v) is 4.40. The monoisotopic (exact) mass is 333 g/mol. The standard InChI is InChI=1S/C21H23N3O/c1-3-4-6-12-17-13-9-14-18-20(17)23(2)21(22)24(18)15-19(25)16-10-7-5-8-11-16/h5-14,22H,3-4,15H2,1-2H3. The highest BCUT2D eigenvalue weighted by atomic mass is 16.1. The lowest BCUT2D eigenvalue weighted by molar-refractivity contribution is 0.0971. The second-order valence-corrected chi connectivity index (χ2v) is 6.16. The first kappa shape index (κ1) is 17.0. The zero-order valence-corrected chi connectivity index (χ0v) is 14.7. The van der Waals surface area contributed by atoms with Gasteiger partial charge in [0.1, 0.15) is 0 Å². The summed E-state index contributed by atoms with van der Waals surface area (Å²) in [6.07, 6.45) is 6.40. The first-order chi connectivity index (χ1) is 12.1. The summed E-state index contributed by atoms with van der Waals surface area (Å²) in [5.74, 6) is 0.0125. The fourth-order valence-electron chi connectivity index (χ4n) is 3.06. The number of para-hydroxylation sites is 1. The van der Waals surface area contributed by atoms with Crippen LogP contribution in [0.3, 0.4) is 0 Å². The molecule has 0 saturated carbocycles. The summed E-state index contributed by atoms with van der Waals surface area (Å²) < 4.78 is 3.63. The van der Waals surface area contributed by atoms with E-state index in [0.717, 1.165) is 29.4 Å². The average molecular weight is 333 g/mol. The molecule has 0 saturated heterocycles. The zero-order chi connectivity index (χ0) is 17.8. The van der Waals surface area contributed by atoms with Crippen molar-refractivity contribution in [2.24, 2.45) is 7.05 Å². The van der Waals surface area contributed by atoms with Crippen molar-refractivity contribution in [1.29, 1.82) is 5.41 Å². The molecule has 0 amide bonds. The average Bonchev–Trinajstić information content (AvgIpc) is 2.88. The molecule has 128 valence electrons. The Labute approximate surface area is 147 Å². The highest BCUT2D eigenvalue weighted by molar-refractivity contribution is 5.97. The SMILES string of the molecule is CCCC=Cc1cccc2c1n(C)c(=N)n2CC(=O)c1ccccc1. The van der Waals surface area contributed by atoms with Crippen LogP contribution in [0.1, 0.15) is 35.7 Å². The maximum atomic E-state index is 12.6. The fourth-order valence-corrected chi connectivity index (χ4v) is 3.06. The van der Waals surface area contributed by atoms with Gasteiger partial charge in [0.25, 0.3) is 0 Å². The molecule has 0 unspecified atom stereocenters. The lowest BCUT2D eigenvalue weighted by Crippen LogP contribution is -2.25. The van der Waals surface area contributed by atoms with Crippen molar-refractivity contribution in [2.75, 3.05) is 0 Å². The minimum absolute atomic E-state index is 0.0125. The largest absolute Gasteiger partial charge is 0.313 e. The molecule has 0 aliphatic rings. The van der Waals surface area contributed by atoms with Crippen molar-refractivity contribution < 1.29 is 4.79 Å². The Morgan fingerprint density at radius 1 is 1.12 bits per heavy atom. The number of hydrogen-bond acceptors (Lipinski definition) is 2. The van der Waals surface area contributed by atoms with Crippen molar-refractivity contribution in [1.82, 2.24) is 9.13 Å². The van der Waals surface area contributed by atoms with Crippen LogP contribution in [0.15, 0.2) is 54.6 Å². The Morgan fingerprint density at radius 3 is 2.60 bits per heavy atom. The highest BCUT2D eigenvalue weighted by Gasteiger charge is 2.14. The third-order valence-electron chi connectivity index (χ3n) is 4.40. The Hall–Kier alpha value is -2.88. The molecule has 0 aliphatic carbocycles. The molecule has 2 aromatic carbocycles. The van der Waals surface area contributed by atoms with Crippen molar-refractivity contribution >= 4 is 22.9 Å². The number of nitrogens with one attached hydrogen (secondary N) is 1. The predicted octanol–water partition coefficient (Wildman–Crippen LogP) is 4.16. The number of unbranched alkanes of at least 4 members (excludes halogenated alkanes) is 1. The van der Waals surface area contributed by atoms with Gasteiger partial charge in [-0.05, 0) is 12.5 Å². The number of allylic oxidation sites excluding steroid dienone is 1. The predicted molar refractivity (Wildman–Crippen MR) is 101 cm³/mol. The number of carbonyl (C=O) groups excluding carboxylic acids is 1. The van der Waals surface area contributed by atoms with Crippen molar-refractivity contribution in [3.63, 3.8) is 0 Å². The van der Waals surface area contributed by atoms with Crippen LogP contribution in [-0.2, 0) is 13.6 Å². The molecule has 25 heavy (non-hydrogen) atoms. The molecule has 4 heteroatoms. The first-order valence-corrected chi connectivity index (χ1v) is 8.61. The number of hydrogen-bond donors (Lipinski definition) is 1. The molecular weight excluding hydrogens is 310 g/mol. The van der Waals surface area contributed by atoms with E-state index in [9.17, 15) is 4.79 Å². The van der Waals surface area contributed by atoms with Crippen LogP contribution < -0.4 is 5.62 Å². The number of aryl methyl sites for hydroxylation is 1. The molecular formula is C21H23N3O. The van der Waals surface area contributed by atoms with Crippen LogP contribution in [0.5, 0.6) is 0 Å². The molecule has 1 N–H and O–H groups in total. The molecule has 0 spiro atoms. The van der Waals surface area contributed by atoms with Gasteiger partial charge in [0.05, 0.1) is 17.6 Å². The molecule has 0 aliphatic heterocycles. The van der Waals surface area contributed by atoms with Gasteiger partial charge >= 0.3 is 0 Å². The molecule has 3 aromatic rings. The number of Topliss-reactive ketones (excluding diaryl/α,β-unsaturated/α-hetero) is 1. The van der Waals surface area contributed by atoms with Gasteiger partial charge in [-0.2, -0.15) is 0 Å². The Morgan fingerprint density at radius 2 is 1.88 bits per heavy atom. The summed E-state index contributed by atoms with van der Waals surface area (Å²) in [4.78, 5) is 12.6. The molecule has 1 heterocycles. The zero-order valence-electron chi connectivity index (χ0n) is 14.7. The molecule has 4 nitrogen and oxygen atoms in total. The smallest absolute Gasteiger partial charge is 0.203 e. The summed E-state index contributed by atoms with van der Waals surface area (Å²) in [5, 5.41) is 8.44. The number of benzene rings is 2. The summed E-state index contributed by atoms with van der Waals surface area (Å²) in [6.45, 7) is 2.32. The number of aromatic nitrogens is 2. The van der Waals surface area contributed by atoms with E-state index in [0.29, 0.717) is 11.2 Å². The Kier molecular flexibility index (Phi) is 4.98. The summed E-state index contributed by atoms with van der Waals surface area (Å²) in [7, 11) is 1.88. The van der Waals surface area contributed by atoms with Gasteiger partial charge in [-0.15, -0.1) is 0 Å². The van der Waals surface area contributed by atoms with Gasteiger partial charge < -0.3 is 9.13 Å². The molecule has 0 bridgehead atoms. The molecule has 3 rings (SSSR count). The lowest BCUT2D eigenvalue weighted by atomic mass is 10.1. The fraction of sp³-hybridized carbons (Fsp3) is 0.238. The van der Waals surface area contributed by atoms with Crippen molar-refractivity contribution in [3.8, 4) is 0 Å². The van der Waals surface area contributed by atoms with Gasteiger partial charge in [-0.1, -0.05) is 68.0 Å². The van der Waals surface area contributed by atoms with Gasteiger partial charge in [0.15, 0.2) is 5.78 Å². The number of carbonyl (C=O) groups is 1. The van der Waals surface area contributed by atoms with E-state index in [1.165, 1.54) is 0 Å². The second kappa shape index (κ2) is 7.34. The maximum absolute atomic E-state index is 12.6. The van der Waals surface area contributed by atoms with Gasteiger partial charge in [-0.25, -0.2) is 0 Å². The van der Waals surface area contributed by atoms with E-state index < -0.39 is 0 Å². The highest BCUT2D eigenvalue weighted by Crippen LogP contribution is 2.19. The van der Waals surface area contributed by atoms with Crippen molar-refractivity contribution in [3.05, 3.63) is 71.4 Å². The van der Waals surface area contributed by atoms with E-state index >= 15 is 0 Å². The van der Waals surface area contributed by atoms with E-state index in [-0.39, 0.29) is 12.3 Å². The second-order valence-electron chi connectivity index (χ2n) is 6.16. The van der Waals surface area contributed by atoms with Crippen LogP contribution in [-0.4, -0.2) is 14.9 Å². The molecule has 0 atom stereocenters. The molecule has 0 radical (unpaired) electrons. The van der Waals surface area contributed by atoms with E-state index in [1.54, 1.807) is 4.57 Å². The topological polar surface area (TPSA) is 50.8 Å². The van der Waals surface area contributed by atoms with Gasteiger partial charge in [-0.3, -0.25) is 10.2 Å². The number of nitrogens with zero attached hydrogens (tertiary/aromatic N) is 2. The number of imidazole rings is 1. The van der Waals surface area contributed by atoms with Crippen molar-refractivity contribution in [2.45, 2.75) is 26.3 Å². The minimum atomic E-state index is 0.0125. The van der Waals surface area contributed by atoms with Gasteiger partial charge in [0.2, 0.25) is 5.62 Å².